The fourth-order valence-electron chi connectivity index (χ4n) is 2.97. The molecule has 1 radical (unpaired) electrons. The quantitative estimate of drug-likeness (QED) is 0.587. The van der Waals surface area contributed by atoms with E-state index in [1.165, 1.54) is 16.7 Å². The van der Waals surface area contributed by atoms with Gasteiger partial charge in [0.2, 0.25) is 12.3 Å². The number of carbonyl (C=O) groups is 1. The molecule has 1 aromatic heterocycles. The molecule has 3 aromatic rings. The molecule has 3 heteroatoms. The summed E-state index contributed by atoms with van der Waals surface area (Å²) in [7, 11) is 0. The van der Waals surface area contributed by atoms with E-state index in [1.54, 1.807) is 0 Å². The van der Waals surface area contributed by atoms with Crippen molar-refractivity contribution in [2.24, 2.45) is 0 Å². The Bertz CT molecular complexity index is 821. The van der Waals surface area contributed by atoms with Crippen molar-refractivity contribution in [3.8, 4) is 11.1 Å². The molecule has 1 heterocycles. The molecule has 0 aliphatic heterocycles. The number of hydrogen-bond acceptors (Lipinski definition) is 1. The van der Waals surface area contributed by atoms with Gasteiger partial charge in [-0.2, -0.15) is 4.57 Å². The van der Waals surface area contributed by atoms with Crippen molar-refractivity contribution in [2.75, 3.05) is 0 Å². The maximum absolute atomic E-state index is 12.4. The van der Waals surface area contributed by atoms with Crippen molar-refractivity contribution in [3.63, 3.8) is 0 Å². The predicted octanol–water partition coefficient (Wildman–Crippen LogP) is 4.07. The predicted molar refractivity (Wildman–Crippen MR) is 96.7 cm³/mol. The van der Waals surface area contributed by atoms with Gasteiger partial charge in [0.15, 0.2) is 12.4 Å². The van der Waals surface area contributed by atoms with Crippen LogP contribution in [0.3, 0.4) is 0 Å². The van der Waals surface area contributed by atoms with Crippen molar-refractivity contribution in [2.45, 2.75) is 26.8 Å². The van der Waals surface area contributed by atoms with Gasteiger partial charge in [-0.25, -0.2) is 0 Å². The van der Waals surface area contributed by atoms with Crippen LogP contribution in [-0.2, 0) is 50.5 Å². The van der Waals surface area contributed by atoms with E-state index in [0.717, 1.165) is 11.1 Å². The zero-order valence-corrected chi connectivity index (χ0v) is 17.6. The van der Waals surface area contributed by atoms with Gasteiger partial charge >= 0.3 is 0 Å². The molecule has 2 nitrogen and oxygen atoms in total. The van der Waals surface area contributed by atoms with Crippen LogP contribution < -0.4 is 4.57 Å². The van der Waals surface area contributed by atoms with Crippen LogP contribution in [-0.4, -0.2) is 5.78 Å². The maximum Gasteiger partial charge on any atom is 0.206 e. The average Bonchev–Trinajstić information content (AvgIpc) is 2.60. The fraction of sp³-hybridized carbons (Fsp3) is 0.182. The molecule has 0 atom stereocenters. The number of nitrogens with zero attached hydrogens (tertiary/aromatic N) is 1. The van der Waals surface area contributed by atoms with Gasteiger partial charge in [0.25, 0.3) is 0 Å². The molecule has 0 saturated carbocycles. The summed E-state index contributed by atoms with van der Waals surface area (Å²) in [5, 5.41) is 0. The largest absolute Gasteiger partial charge is 0.292 e. The molecule has 0 N–H and O–H groups in total. The first-order valence-corrected chi connectivity index (χ1v) is 8.25. The van der Waals surface area contributed by atoms with Gasteiger partial charge in [0.1, 0.15) is 0 Å². The van der Waals surface area contributed by atoms with Crippen molar-refractivity contribution in [3.05, 3.63) is 89.7 Å². The maximum atomic E-state index is 12.4. The molecule has 0 spiro atoms. The Morgan fingerprint density at radius 3 is 1.96 bits per heavy atom. The summed E-state index contributed by atoms with van der Waals surface area (Å²) in [6.45, 7) is 4.54. The van der Waals surface area contributed by atoms with Crippen LogP contribution in [0.4, 0.5) is 0 Å². The summed E-state index contributed by atoms with van der Waals surface area (Å²) in [6.07, 6.45) is 4.45. The van der Waals surface area contributed by atoms with Crippen LogP contribution in [0.25, 0.3) is 11.1 Å². The van der Waals surface area contributed by atoms with E-state index >= 15 is 0 Å². The van der Waals surface area contributed by atoms with Crippen LogP contribution >= 0.6 is 0 Å². The second-order valence-corrected chi connectivity index (χ2v) is 6.21. The average molecular weight is 405 g/mol. The van der Waals surface area contributed by atoms with Gasteiger partial charge < -0.3 is 0 Å². The summed E-state index contributed by atoms with van der Waals surface area (Å²) < 4.78 is 1.95. The molecule has 123 valence electrons. The van der Waals surface area contributed by atoms with Crippen molar-refractivity contribution >= 4 is 5.78 Å². The third kappa shape index (κ3) is 5.17. The number of benzene rings is 2. The fourth-order valence-corrected chi connectivity index (χ4v) is 2.97. The van der Waals surface area contributed by atoms with E-state index < -0.39 is 0 Å². The first-order valence-electron chi connectivity index (χ1n) is 8.25. The Balaban J connectivity index is 0.00000225. The number of aromatic nitrogens is 1. The van der Waals surface area contributed by atoms with E-state index in [9.17, 15) is 4.79 Å². The summed E-state index contributed by atoms with van der Waals surface area (Å²) >= 11 is 0. The number of aryl methyl sites for hydroxylation is 2. The molecule has 0 bridgehead atoms. The van der Waals surface area contributed by atoms with E-state index in [-0.39, 0.29) is 38.5 Å². The summed E-state index contributed by atoms with van der Waals surface area (Å²) in [6, 6.07) is 20.5. The SMILES string of the molecule is Cc1cccc(C)c1CC(=O)C[n+]1ccc(-c2ccccc2)cc1.[Y]. The van der Waals surface area contributed by atoms with Crippen molar-refractivity contribution in [1.29, 1.82) is 0 Å². The van der Waals surface area contributed by atoms with E-state index in [0.29, 0.717) is 13.0 Å². The Hall–Kier alpha value is -1.64. The molecule has 0 aliphatic rings. The number of rotatable bonds is 5. The number of carbonyl (C=O) groups excluding carboxylic acids is 1. The van der Waals surface area contributed by atoms with Gasteiger partial charge in [0, 0.05) is 51.3 Å². The molecule has 0 fully saturated rings. The molecule has 0 saturated heterocycles. The molecular formula is C22H22NOY+. The first kappa shape index (κ1) is 19.7. The number of Topliss-reactive ketones (excluding diaryl/α,β-unsaturated/α-hetero) is 1. The van der Waals surface area contributed by atoms with Gasteiger partial charge in [-0.3, -0.25) is 4.79 Å². The second-order valence-electron chi connectivity index (χ2n) is 6.21. The van der Waals surface area contributed by atoms with Crippen LogP contribution in [0.2, 0.25) is 0 Å². The van der Waals surface area contributed by atoms with Crippen LogP contribution in [0.1, 0.15) is 16.7 Å². The van der Waals surface area contributed by atoms with Crippen molar-refractivity contribution in [1.82, 2.24) is 0 Å². The van der Waals surface area contributed by atoms with Crippen LogP contribution in [0, 0.1) is 13.8 Å². The van der Waals surface area contributed by atoms with Crippen LogP contribution in [0.15, 0.2) is 73.1 Å². The Labute approximate surface area is 174 Å². The molecule has 25 heavy (non-hydrogen) atoms. The normalized spacial score (nSPS) is 10.2. The zero-order valence-electron chi connectivity index (χ0n) is 14.8. The number of ketones is 1. The molecule has 2 aromatic carbocycles. The van der Waals surface area contributed by atoms with E-state index in [4.69, 9.17) is 0 Å². The van der Waals surface area contributed by atoms with Gasteiger partial charge in [-0.1, -0.05) is 48.5 Å². The molecule has 0 aliphatic carbocycles. The minimum Gasteiger partial charge on any atom is -0.292 e. The second kappa shape index (κ2) is 9.17. The minimum absolute atomic E-state index is 0. The third-order valence-electron chi connectivity index (χ3n) is 4.38. The zero-order chi connectivity index (χ0) is 16.9. The van der Waals surface area contributed by atoms with Gasteiger partial charge in [-0.15, -0.1) is 0 Å². The van der Waals surface area contributed by atoms with E-state index in [2.05, 4.69) is 50.2 Å². The van der Waals surface area contributed by atoms with Gasteiger partial charge in [-0.05, 0) is 41.7 Å². The minimum atomic E-state index is 0. The Morgan fingerprint density at radius 2 is 1.36 bits per heavy atom. The standard InChI is InChI=1S/C22H22NO.Y/c1-17-7-6-8-18(2)22(17)15-21(24)16-23-13-11-20(12-14-23)19-9-4-3-5-10-19;/h3-14H,15-16H2,1-2H3;/q+1;. The summed E-state index contributed by atoms with van der Waals surface area (Å²) in [5.41, 5.74) is 5.88. The summed E-state index contributed by atoms with van der Waals surface area (Å²) in [5.74, 6) is 0.227. The number of pyridine rings is 1. The third-order valence-corrected chi connectivity index (χ3v) is 4.38. The van der Waals surface area contributed by atoms with E-state index in [1.807, 2.05) is 41.2 Å². The molecule has 0 unspecified atom stereocenters. The monoisotopic (exact) mass is 405 g/mol. The molecule has 3 rings (SSSR count). The van der Waals surface area contributed by atoms with Gasteiger partial charge in [0.05, 0.1) is 0 Å². The van der Waals surface area contributed by atoms with Crippen molar-refractivity contribution < 1.29 is 42.1 Å². The molecular weight excluding hydrogens is 383 g/mol. The molecule has 0 amide bonds. The van der Waals surface area contributed by atoms with Crippen LogP contribution in [0.5, 0.6) is 0 Å². The topological polar surface area (TPSA) is 20.9 Å². The first-order chi connectivity index (χ1) is 11.6. The Morgan fingerprint density at radius 1 is 0.800 bits per heavy atom. The smallest absolute Gasteiger partial charge is 0.206 e. The number of hydrogen-bond donors (Lipinski definition) is 0. The summed E-state index contributed by atoms with van der Waals surface area (Å²) in [4.78, 5) is 12.4. The Kier molecular flexibility index (Phi) is 7.22.